The minimum absolute atomic E-state index is 0.0263. The highest BCUT2D eigenvalue weighted by Gasteiger charge is 2.35. The number of ketones is 1. The topological polar surface area (TPSA) is 55.4 Å². The Balaban J connectivity index is 1.52. The number of carbonyl (C=O) groups is 2. The first-order chi connectivity index (χ1) is 10.7. The van der Waals surface area contributed by atoms with Gasteiger partial charge in [0.2, 0.25) is 0 Å². The summed E-state index contributed by atoms with van der Waals surface area (Å²) < 4.78 is 5.31. The first kappa shape index (κ1) is 15.3. The highest BCUT2D eigenvalue weighted by Crippen LogP contribution is 2.24. The van der Waals surface area contributed by atoms with Gasteiger partial charge in [0.05, 0.1) is 4.88 Å². The van der Waals surface area contributed by atoms with Crippen molar-refractivity contribution in [2.24, 2.45) is 0 Å². The third kappa shape index (κ3) is 3.58. The molecule has 4 nitrogen and oxygen atoms in total. The summed E-state index contributed by atoms with van der Waals surface area (Å²) in [5, 5.41) is 4.57. The van der Waals surface area contributed by atoms with Crippen LogP contribution in [0.15, 0.2) is 47.8 Å². The SMILES string of the molecule is O=C(OCc1ccccc1)C1CS[C@H](C(=O)c2cccs2)N1. The fraction of sp³-hybridized carbons (Fsp3) is 0.250. The third-order valence-corrected chi connectivity index (χ3v) is 5.39. The monoisotopic (exact) mass is 333 g/mol. The molecule has 1 fully saturated rings. The Kier molecular flexibility index (Phi) is 4.92. The van der Waals surface area contributed by atoms with Crippen molar-refractivity contribution in [1.29, 1.82) is 0 Å². The molecule has 0 bridgehead atoms. The predicted octanol–water partition coefficient (Wildman–Crippen LogP) is 2.71. The minimum Gasteiger partial charge on any atom is -0.460 e. The van der Waals surface area contributed by atoms with Gasteiger partial charge in [0.25, 0.3) is 0 Å². The van der Waals surface area contributed by atoms with Crippen molar-refractivity contribution >= 4 is 34.9 Å². The molecule has 1 saturated heterocycles. The van der Waals surface area contributed by atoms with Crippen LogP contribution in [0.3, 0.4) is 0 Å². The van der Waals surface area contributed by atoms with Gasteiger partial charge in [-0.1, -0.05) is 36.4 Å². The maximum absolute atomic E-state index is 12.2. The lowest BCUT2D eigenvalue weighted by Crippen LogP contribution is -2.40. The summed E-state index contributed by atoms with van der Waals surface area (Å²) in [6.45, 7) is 0.256. The van der Waals surface area contributed by atoms with Crippen molar-refractivity contribution in [3.05, 3.63) is 58.3 Å². The summed E-state index contributed by atoms with van der Waals surface area (Å²) in [7, 11) is 0. The summed E-state index contributed by atoms with van der Waals surface area (Å²) in [5.74, 6) is 0.270. The van der Waals surface area contributed by atoms with E-state index >= 15 is 0 Å². The molecule has 0 saturated carbocycles. The number of benzene rings is 1. The number of hydrogen-bond acceptors (Lipinski definition) is 6. The number of rotatable bonds is 5. The molecule has 114 valence electrons. The highest BCUT2D eigenvalue weighted by atomic mass is 32.2. The van der Waals surface area contributed by atoms with Crippen LogP contribution >= 0.6 is 23.1 Å². The van der Waals surface area contributed by atoms with E-state index < -0.39 is 6.04 Å². The Bertz CT molecular complexity index is 643. The normalized spacial score (nSPS) is 20.7. The van der Waals surface area contributed by atoms with Crippen LogP contribution in [0.4, 0.5) is 0 Å². The van der Waals surface area contributed by atoms with Crippen LogP contribution in [0.1, 0.15) is 15.2 Å². The zero-order valence-corrected chi connectivity index (χ0v) is 13.4. The Hall–Kier alpha value is -1.63. The lowest BCUT2D eigenvalue weighted by Gasteiger charge is -2.12. The molecule has 2 atom stereocenters. The van der Waals surface area contributed by atoms with E-state index in [4.69, 9.17) is 4.74 Å². The maximum Gasteiger partial charge on any atom is 0.324 e. The van der Waals surface area contributed by atoms with Gasteiger partial charge in [0, 0.05) is 5.75 Å². The van der Waals surface area contributed by atoms with E-state index in [2.05, 4.69) is 5.32 Å². The molecule has 6 heteroatoms. The molecule has 1 unspecified atom stereocenters. The van der Waals surface area contributed by atoms with Crippen molar-refractivity contribution in [2.75, 3.05) is 5.75 Å². The number of thioether (sulfide) groups is 1. The first-order valence-corrected chi connectivity index (χ1v) is 8.83. The van der Waals surface area contributed by atoms with Crippen LogP contribution in [-0.2, 0) is 16.1 Å². The number of ether oxygens (including phenoxy) is 1. The summed E-state index contributed by atoms with van der Waals surface area (Å²) in [6, 6.07) is 12.8. The number of thiophene rings is 1. The maximum atomic E-state index is 12.2. The Morgan fingerprint density at radius 3 is 2.73 bits per heavy atom. The van der Waals surface area contributed by atoms with E-state index in [1.165, 1.54) is 23.1 Å². The predicted molar refractivity (Wildman–Crippen MR) is 88.1 cm³/mol. The Morgan fingerprint density at radius 2 is 2.00 bits per heavy atom. The van der Waals surface area contributed by atoms with Crippen LogP contribution in [0.5, 0.6) is 0 Å². The second-order valence-electron chi connectivity index (χ2n) is 4.87. The molecule has 0 aliphatic carbocycles. The van der Waals surface area contributed by atoms with Gasteiger partial charge in [-0.25, -0.2) is 0 Å². The van der Waals surface area contributed by atoms with Crippen molar-refractivity contribution in [1.82, 2.24) is 5.32 Å². The standard InChI is InChI=1S/C16H15NO3S2/c18-14(13-7-4-8-21-13)15-17-12(10-22-15)16(19)20-9-11-5-2-1-3-6-11/h1-8,12,15,17H,9-10H2/t12?,15-/m1/s1. The molecule has 1 aromatic heterocycles. The van der Waals surface area contributed by atoms with Crippen LogP contribution in [-0.4, -0.2) is 28.9 Å². The van der Waals surface area contributed by atoms with Crippen LogP contribution in [0, 0.1) is 0 Å². The lowest BCUT2D eigenvalue weighted by molar-refractivity contribution is -0.146. The quantitative estimate of drug-likeness (QED) is 0.673. The number of Topliss-reactive ketones (excluding diaryl/α,β-unsaturated/α-hetero) is 1. The number of esters is 1. The number of hydrogen-bond donors (Lipinski definition) is 1. The fourth-order valence-corrected chi connectivity index (χ4v) is 4.06. The molecule has 1 aliphatic heterocycles. The molecule has 1 aliphatic rings. The van der Waals surface area contributed by atoms with Gasteiger partial charge in [0.15, 0.2) is 5.78 Å². The van der Waals surface area contributed by atoms with Crippen molar-refractivity contribution < 1.29 is 14.3 Å². The Labute approximate surface area is 136 Å². The van der Waals surface area contributed by atoms with E-state index in [1.54, 1.807) is 6.07 Å². The van der Waals surface area contributed by atoms with Gasteiger partial charge < -0.3 is 4.74 Å². The Morgan fingerprint density at radius 1 is 1.18 bits per heavy atom. The highest BCUT2D eigenvalue weighted by molar-refractivity contribution is 8.00. The van der Waals surface area contributed by atoms with Gasteiger partial charge in [-0.3, -0.25) is 14.9 Å². The summed E-state index contributed by atoms with van der Waals surface area (Å²) >= 11 is 2.87. The van der Waals surface area contributed by atoms with Gasteiger partial charge in [-0.15, -0.1) is 23.1 Å². The molecular weight excluding hydrogens is 318 g/mol. The van der Waals surface area contributed by atoms with Gasteiger partial charge in [0.1, 0.15) is 18.0 Å². The lowest BCUT2D eigenvalue weighted by atomic mass is 10.2. The smallest absolute Gasteiger partial charge is 0.324 e. The average Bonchev–Trinajstić information content (AvgIpc) is 3.24. The number of nitrogens with one attached hydrogen (secondary N) is 1. The molecule has 3 rings (SSSR count). The van der Waals surface area contributed by atoms with Crippen LogP contribution in [0.2, 0.25) is 0 Å². The molecule has 22 heavy (non-hydrogen) atoms. The summed E-state index contributed by atoms with van der Waals surface area (Å²) in [5.41, 5.74) is 0.952. The van der Waals surface area contributed by atoms with E-state index in [-0.39, 0.29) is 23.7 Å². The minimum atomic E-state index is -0.428. The average molecular weight is 333 g/mol. The second kappa shape index (κ2) is 7.09. The number of carbonyl (C=O) groups excluding carboxylic acids is 2. The molecule has 0 radical (unpaired) electrons. The summed E-state index contributed by atoms with van der Waals surface area (Å²) in [6.07, 6.45) is 0. The molecular formula is C16H15NO3S2. The molecule has 1 N–H and O–H groups in total. The van der Waals surface area contributed by atoms with Crippen molar-refractivity contribution in [2.45, 2.75) is 18.0 Å². The van der Waals surface area contributed by atoms with Crippen LogP contribution < -0.4 is 5.32 Å². The molecule has 0 amide bonds. The first-order valence-electron chi connectivity index (χ1n) is 6.90. The zero-order valence-electron chi connectivity index (χ0n) is 11.7. The summed E-state index contributed by atoms with van der Waals surface area (Å²) in [4.78, 5) is 25.0. The van der Waals surface area contributed by atoms with Gasteiger partial charge >= 0.3 is 5.97 Å². The fourth-order valence-electron chi connectivity index (χ4n) is 2.14. The van der Waals surface area contributed by atoms with E-state index in [1.807, 2.05) is 41.8 Å². The van der Waals surface area contributed by atoms with Gasteiger partial charge in [-0.2, -0.15) is 0 Å². The molecule has 2 heterocycles. The van der Waals surface area contributed by atoms with E-state index in [0.717, 1.165) is 5.56 Å². The van der Waals surface area contributed by atoms with Crippen molar-refractivity contribution in [3.63, 3.8) is 0 Å². The molecule has 1 aromatic carbocycles. The van der Waals surface area contributed by atoms with E-state index in [0.29, 0.717) is 10.6 Å². The zero-order chi connectivity index (χ0) is 15.4. The van der Waals surface area contributed by atoms with Crippen molar-refractivity contribution in [3.8, 4) is 0 Å². The largest absolute Gasteiger partial charge is 0.460 e. The van der Waals surface area contributed by atoms with Gasteiger partial charge in [-0.05, 0) is 17.0 Å². The molecule has 0 spiro atoms. The second-order valence-corrected chi connectivity index (χ2v) is 6.95. The van der Waals surface area contributed by atoms with Crippen LogP contribution in [0.25, 0.3) is 0 Å². The molecule has 2 aromatic rings. The third-order valence-electron chi connectivity index (χ3n) is 3.29. The van der Waals surface area contributed by atoms with E-state index in [9.17, 15) is 9.59 Å².